The van der Waals surface area contributed by atoms with Gasteiger partial charge in [-0.25, -0.2) is 4.98 Å². The Labute approximate surface area is 167 Å². The number of hydrogen-bond donors (Lipinski definition) is 2. The largest absolute Gasteiger partial charge is 0.394 e. The zero-order valence-electron chi connectivity index (χ0n) is 15.5. The number of rotatable bonds is 6. The second kappa shape index (κ2) is 7.96. The number of hydrogen-bond acceptors (Lipinski definition) is 4. The van der Waals surface area contributed by atoms with Gasteiger partial charge in [0.05, 0.1) is 35.1 Å². The van der Waals surface area contributed by atoms with Crippen molar-refractivity contribution in [2.75, 3.05) is 6.61 Å². The standard InChI is InChI=1S/C22H21N3O2S/c1-2-16(13-26)23-21(27)17-12-20(25-11-7-6-10-19(17)25)18-14-28-22(24-18)15-8-4-3-5-9-15/h3-12,14,16,26H,2,13H2,1H3,(H,23,27). The van der Waals surface area contributed by atoms with Crippen molar-refractivity contribution in [3.63, 3.8) is 0 Å². The predicted molar refractivity (Wildman–Crippen MR) is 113 cm³/mol. The molecule has 1 atom stereocenters. The molecular formula is C22H21N3O2S. The van der Waals surface area contributed by atoms with Crippen molar-refractivity contribution in [2.45, 2.75) is 19.4 Å². The summed E-state index contributed by atoms with van der Waals surface area (Å²) in [5.74, 6) is -0.186. The van der Waals surface area contributed by atoms with Crippen molar-refractivity contribution in [1.29, 1.82) is 0 Å². The molecule has 4 aromatic rings. The van der Waals surface area contributed by atoms with Gasteiger partial charge in [-0.05, 0) is 24.6 Å². The van der Waals surface area contributed by atoms with Gasteiger partial charge >= 0.3 is 0 Å². The molecule has 6 heteroatoms. The molecule has 5 nitrogen and oxygen atoms in total. The van der Waals surface area contributed by atoms with Crippen molar-refractivity contribution in [1.82, 2.24) is 14.7 Å². The molecule has 28 heavy (non-hydrogen) atoms. The number of thiazole rings is 1. The van der Waals surface area contributed by atoms with Gasteiger partial charge in [-0.2, -0.15) is 0 Å². The van der Waals surface area contributed by atoms with Crippen LogP contribution in [0.4, 0.5) is 0 Å². The summed E-state index contributed by atoms with van der Waals surface area (Å²) in [6.07, 6.45) is 2.61. The van der Waals surface area contributed by atoms with Crippen LogP contribution >= 0.6 is 11.3 Å². The first-order valence-corrected chi connectivity index (χ1v) is 10.1. The molecule has 0 spiro atoms. The van der Waals surface area contributed by atoms with Gasteiger partial charge in [0, 0.05) is 17.1 Å². The molecule has 3 aromatic heterocycles. The quantitative estimate of drug-likeness (QED) is 0.517. The number of aromatic nitrogens is 2. The zero-order valence-corrected chi connectivity index (χ0v) is 16.3. The predicted octanol–water partition coefficient (Wildman–Crippen LogP) is 4.23. The summed E-state index contributed by atoms with van der Waals surface area (Å²) in [5.41, 5.74) is 4.18. The highest BCUT2D eigenvalue weighted by Gasteiger charge is 2.19. The lowest BCUT2D eigenvalue weighted by Gasteiger charge is -2.13. The van der Waals surface area contributed by atoms with Crippen molar-refractivity contribution < 1.29 is 9.90 Å². The zero-order chi connectivity index (χ0) is 19.5. The molecule has 0 saturated heterocycles. The molecule has 2 N–H and O–H groups in total. The van der Waals surface area contributed by atoms with Crippen molar-refractivity contribution in [3.8, 4) is 22.0 Å². The van der Waals surface area contributed by atoms with Crippen LogP contribution in [0.15, 0.2) is 66.2 Å². The van der Waals surface area contributed by atoms with Crippen LogP contribution in [-0.4, -0.2) is 33.0 Å². The number of carbonyl (C=O) groups excluding carboxylic acids is 1. The lowest BCUT2D eigenvalue weighted by molar-refractivity contribution is 0.0916. The minimum atomic E-state index is -0.251. The molecule has 0 radical (unpaired) electrons. The Balaban J connectivity index is 1.75. The number of fused-ring (bicyclic) bond motifs is 1. The molecule has 0 aliphatic heterocycles. The molecule has 0 bridgehead atoms. The minimum absolute atomic E-state index is 0.0760. The average molecular weight is 391 g/mol. The summed E-state index contributed by atoms with van der Waals surface area (Å²) >= 11 is 1.58. The van der Waals surface area contributed by atoms with Crippen molar-refractivity contribution >= 4 is 22.8 Å². The maximum atomic E-state index is 12.8. The maximum absolute atomic E-state index is 12.8. The van der Waals surface area contributed by atoms with Crippen LogP contribution in [0.5, 0.6) is 0 Å². The Bertz CT molecular complexity index is 1100. The lowest BCUT2D eigenvalue weighted by atomic mass is 10.2. The molecule has 142 valence electrons. The molecule has 3 heterocycles. The maximum Gasteiger partial charge on any atom is 0.253 e. The Kier molecular flexibility index (Phi) is 5.23. The van der Waals surface area contributed by atoms with Gasteiger partial charge in [-0.15, -0.1) is 11.3 Å². The van der Waals surface area contributed by atoms with E-state index in [2.05, 4.69) is 5.32 Å². The van der Waals surface area contributed by atoms with Crippen LogP contribution in [0.2, 0.25) is 0 Å². The van der Waals surface area contributed by atoms with Crippen LogP contribution in [0.25, 0.3) is 27.5 Å². The van der Waals surface area contributed by atoms with E-state index in [0.717, 1.165) is 27.5 Å². The van der Waals surface area contributed by atoms with E-state index in [0.29, 0.717) is 12.0 Å². The molecular weight excluding hydrogens is 370 g/mol. The molecule has 0 aliphatic rings. The molecule has 0 fully saturated rings. The highest BCUT2D eigenvalue weighted by atomic mass is 32.1. The molecule has 0 saturated carbocycles. The summed E-state index contributed by atoms with van der Waals surface area (Å²) in [7, 11) is 0. The number of aliphatic hydroxyl groups is 1. The Morgan fingerprint density at radius 3 is 2.75 bits per heavy atom. The van der Waals surface area contributed by atoms with Gasteiger partial charge in [0.2, 0.25) is 0 Å². The van der Waals surface area contributed by atoms with E-state index in [1.165, 1.54) is 0 Å². The highest BCUT2D eigenvalue weighted by molar-refractivity contribution is 7.13. The van der Waals surface area contributed by atoms with Crippen molar-refractivity contribution in [2.24, 2.45) is 0 Å². The van der Waals surface area contributed by atoms with Crippen molar-refractivity contribution in [3.05, 3.63) is 71.7 Å². The van der Waals surface area contributed by atoms with Crippen LogP contribution in [0.3, 0.4) is 0 Å². The van der Waals surface area contributed by atoms with Crippen LogP contribution in [0.1, 0.15) is 23.7 Å². The number of benzene rings is 1. The van der Waals surface area contributed by atoms with Crippen LogP contribution in [-0.2, 0) is 0 Å². The normalized spacial score (nSPS) is 12.2. The fourth-order valence-electron chi connectivity index (χ4n) is 3.18. The molecule has 4 rings (SSSR count). The number of nitrogens with zero attached hydrogens (tertiary/aromatic N) is 2. The van der Waals surface area contributed by atoms with Gasteiger partial charge in [0.1, 0.15) is 5.01 Å². The second-order valence-corrected chi connectivity index (χ2v) is 7.42. The summed E-state index contributed by atoms with van der Waals surface area (Å²) in [4.78, 5) is 17.6. The first kappa shape index (κ1) is 18.4. The van der Waals surface area contributed by atoms with E-state index >= 15 is 0 Å². The first-order chi connectivity index (χ1) is 13.7. The highest BCUT2D eigenvalue weighted by Crippen LogP contribution is 2.31. The molecule has 0 aliphatic carbocycles. The van der Waals surface area contributed by atoms with E-state index in [9.17, 15) is 9.90 Å². The van der Waals surface area contributed by atoms with E-state index in [1.807, 2.05) is 77.5 Å². The number of amides is 1. The molecule has 1 unspecified atom stereocenters. The van der Waals surface area contributed by atoms with Gasteiger partial charge in [0.15, 0.2) is 0 Å². The monoisotopic (exact) mass is 391 g/mol. The SMILES string of the molecule is CCC(CO)NC(=O)c1cc(-c2csc(-c3ccccc3)n2)n2ccccc12. The Hall–Kier alpha value is -2.96. The topological polar surface area (TPSA) is 66.6 Å². The van der Waals surface area contributed by atoms with Gasteiger partial charge in [-0.1, -0.05) is 43.3 Å². The Morgan fingerprint density at radius 1 is 1.21 bits per heavy atom. The fourth-order valence-corrected chi connectivity index (χ4v) is 4.00. The van der Waals surface area contributed by atoms with Gasteiger partial charge < -0.3 is 14.8 Å². The first-order valence-electron chi connectivity index (χ1n) is 9.24. The molecule has 1 aromatic carbocycles. The summed E-state index contributed by atoms with van der Waals surface area (Å²) < 4.78 is 1.98. The van der Waals surface area contributed by atoms with E-state index in [1.54, 1.807) is 11.3 Å². The van der Waals surface area contributed by atoms with Crippen LogP contribution < -0.4 is 5.32 Å². The molecule has 1 amide bonds. The average Bonchev–Trinajstić information content (AvgIpc) is 3.37. The minimum Gasteiger partial charge on any atom is -0.394 e. The summed E-state index contributed by atoms with van der Waals surface area (Å²) in [6, 6.07) is 17.4. The van der Waals surface area contributed by atoms with E-state index < -0.39 is 0 Å². The van der Waals surface area contributed by atoms with E-state index in [-0.39, 0.29) is 18.6 Å². The Morgan fingerprint density at radius 2 is 2.00 bits per heavy atom. The van der Waals surface area contributed by atoms with Gasteiger partial charge in [0.25, 0.3) is 5.91 Å². The van der Waals surface area contributed by atoms with E-state index in [4.69, 9.17) is 4.98 Å². The number of aliphatic hydroxyl groups excluding tert-OH is 1. The lowest BCUT2D eigenvalue weighted by Crippen LogP contribution is -2.36. The fraction of sp³-hybridized carbons (Fsp3) is 0.182. The smallest absolute Gasteiger partial charge is 0.253 e. The second-order valence-electron chi connectivity index (χ2n) is 6.56. The van der Waals surface area contributed by atoms with Crippen LogP contribution in [0, 0.1) is 0 Å². The summed E-state index contributed by atoms with van der Waals surface area (Å²) in [6.45, 7) is 1.86. The third-order valence-corrected chi connectivity index (χ3v) is 5.65. The summed E-state index contributed by atoms with van der Waals surface area (Å²) in [5, 5.41) is 15.3. The van der Waals surface area contributed by atoms with Gasteiger partial charge in [-0.3, -0.25) is 4.79 Å². The third kappa shape index (κ3) is 3.44. The number of nitrogens with one attached hydrogen (secondary N) is 1. The number of carbonyl (C=O) groups is 1. The third-order valence-electron chi connectivity index (χ3n) is 4.76. The number of pyridine rings is 1.